The minimum absolute atomic E-state index is 0.0778. The first-order valence-electron chi connectivity index (χ1n) is 11.1. The Labute approximate surface area is 197 Å². The van der Waals surface area contributed by atoms with Crippen LogP contribution in [0.1, 0.15) is 29.5 Å². The number of hydrogen-bond donors (Lipinski definition) is 1. The topological polar surface area (TPSA) is 24.5 Å². The van der Waals surface area contributed by atoms with Crippen molar-refractivity contribution in [3.63, 3.8) is 0 Å². The van der Waals surface area contributed by atoms with Crippen molar-refractivity contribution < 1.29 is 35.5 Å². The third kappa shape index (κ3) is 5.98. The average Bonchev–Trinajstić information content (AvgIpc) is 2.88. The molecule has 1 saturated heterocycles. The molecule has 0 aromatic heterocycles. The second-order valence-corrected chi connectivity index (χ2v) is 8.49. The van der Waals surface area contributed by atoms with E-state index in [1.54, 1.807) is 41.5 Å². The lowest BCUT2D eigenvalue weighted by Gasteiger charge is -2.36. The average molecular weight is 500 g/mol. The first-order chi connectivity index (χ1) is 16.5. The number of nitrogens with one attached hydrogen (secondary N) is 1. The molecule has 2 aromatic rings. The second-order valence-electron chi connectivity index (χ2n) is 8.49. The highest BCUT2D eigenvalue weighted by molar-refractivity contribution is 5.55. The molecule has 0 radical (unpaired) electrons. The van der Waals surface area contributed by atoms with E-state index >= 15 is 0 Å². The molecule has 3 nitrogen and oxygen atoms in total. The lowest BCUT2D eigenvalue weighted by molar-refractivity contribution is -0.143. The van der Waals surface area contributed by atoms with Crippen LogP contribution in [0.5, 0.6) is 0 Å². The van der Waals surface area contributed by atoms with Crippen LogP contribution in [0.25, 0.3) is 0 Å². The van der Waals surface area contributed by atoms with Gasteiger partial charge in [-0.1, -0.05) is 12.1 Å². The zero-order valence-electron chi connectivity index (χ0n) is 18.5. The fourth-order valence-corrected chi connectivity index (χ4v) is 4.36. The van der Waals surface area contributed by atoms with Crippen LogP contribution < -0.4 is 10.2 Å². The van der Waals surface area contributed by atoms with Gasteiger partial charge in [-0.2, -0.15) is 26.3 Å². The van der Waals surface area contributed by atoms with Crippen molar-refractivity contribution in [3.05, 3.63) is 89.1 Å². The Morgan fingerprint density at radius 3 is 2.31 bits per heavy atom. The largest absolute Gasteiger partial charge is 0.496 e. The SMILES string of the molecule is Fc1ccccc1N1C=CC=C2OCCCNC(Cc3cc(C(F)(F)F)cc(C(F)(F)F)c3)CC21. The monoisotopic (exact) mass is 500 g/mol. The molecule has 0 amide bonds. The number of ether oxygens (including phenoxy) is 1. The molecule has 2 aliphatic rings. The van der Waals surface area contributed by atoms with E-state index in [0.717, 1.165) is 12.1 Å². The predicted molar refractivity (Wildman–Crippen MR) is 117 cm³/mol. The summed E-state index contributed by atoms with van der Waals surface area (Å²) < 4.78 is 100. The van der Waals surface area contributed by atoms with Crippen molar-refractivity contribution >= 4 is 5.69 Å². The molecule has 2 aliphatic heterocycles. The van der Waals surface area contributed by atoms with Gasteiger partial charge in [0.1, 0.15) is 11.6 Å². The van der Waals surface area contributed by atoms with Crippen LogP contribution in [0, 0.1) is 5.82 Å². The first kappa shape index (κ1) is 25.1. The van der Waals surface area contributed by atoms with Crippen LogP contribution in [0.4, 0.5) is 36.4 Å². The van der Waals surface area contributed by atoms with E-state index in [-0.39, 0.29) is 24.5 Å². The van der Waals surface area contributed by atoms with E-state index in [1.807, 2.05) is 0 Å². The second kappa shape index (κ2) is 9.93. The van der Waals surface area contributed by atoms with E-state index in [1.165, 1.54) is 6.07 Å². The van der Waals surface area contributed by atoms with Crippen LogP contribution in [0.2, 0.25) is 0 Å². The van der Waals surface area contributed by atoms with Gasteiger partial charge in [0.15, 0.2) is 0 Å². The van der Waals surface area contributed by atoms with Gasteiger partial charge in [0.2, 0.25) is 0 Å². The molecule has 0 saturated carbocycles. The Bertz CT molecular complexity index is 1080. The van der Waals surface area contributed by atoms with E-state index in [4.69, 9.17) is 4.74 Å². The fraction of sp³-hybridized carbons (Fsp3) is 0.360. The number of fused-ring (bicyclic) bond motifs is 1. The van der Waals surface area contributed by atoms with Crippen molar-refractivity contribution in [2.24, 2.45) is 0 Å². The molecule has 0 spiro atoms. The molecule has 0 aliphatic carbocycles. The number of benzene rings is 2. The maximum atomic E-state index is 14.6. The van der Waals surface area contributed by atoms with E-state index in [9.17, 15) is 30.7 Å². The molecular weight excluding hydrogens is 477 g/mol. The van der Waals surface area contributed by atoms with Crippen LogP contribution in [-0.4, -0.2) is 25.2 Å². The maximum absolute atomic E-state index is 14.6. The molecule has 2 atom stereocenters. The summed E-state index contributed by atoms with van der Waals surface area (Å²) in [6.45, 7) is 0.825. The van der Waals surface area contributed by atoms with Crippen LogP contribution in [0.15, 0.2) is 66.6 Å². The highest BCUT2D eigenvalue weighted by Gasteiger charge is 2.37. The third-order valence-electron chi connectivity index (χ3n) is 5.96. The summed E-state index contributed by atoms with van der Waals surface area (Å²) in [6, 6.07) is 6.79. The van der Waals surface area contributed by atoms with Crippen molar-refractivity contribution in [1.82, 2.24) is 5.32 Å². The Hall–Kier alpha value is -3.01. The smallest absolute Gasteiger partial charge is 0.416 e. The predicted octanol–water partition coefficient (Wildman–Crippen LogP) is 6.46. The van der Waals surface area contributed by atoms with Crippen molar-refractivity contribution in [1.29, 1.82) is 0 Å². The zero-order chi connectivity index (χ0) is 25.2. The number of alkyl halides is 6. The summed E-state index contributed by atoms with van der Waals surface area (Å²) in [5, 5.41) is 3.23. The zero-order valence-corrected chi connectivity index (χ0v) is 18.5. The van der Waals surface area contributed by atoms with E-state index in [2.05, 4.69) is 5.32 Å². The van der Waals surface area contributed by atoms with Gasteiger partial charge in [-0.05, 0) is 73.9 Å². The van der Waals surface area contributed by atoms with E-state index < -0.39 is 41.4 Å². The molecular formula is C25H23F7N2O. The summed E-state index contributed by atoms with van der Waals surface area (Å²) >= 11 is 0. The number of allylic oxidation sites excluding steroid dienone is 2. The molecule has 4 rings (SSSR count). The highest BCUT2D eigenvalue weighted by Crippen LogP contribution is 2.37. The van der Waals surface area contributed by atoms with Gasteiger partial charge in [0, 0.05) is 12.2 Å². The molecule has 35 heavy (non-hydrogen) atoms. The number of anilines is 1. The van der Waals surface area contributed by atoms with Crippen molar-refractivity contribution in [2.45, 2.75) is 43.7 Å². The number of nitrogens with zero attached hydrogens (tertiary/aromatic N) is 1. The van der Waals surface area contributed by atoms with Gasteiger partial charge >= 0.3 is 12.4 Å². The number of para-hydroxylation sites is 1. The maximum Gasteiger partial charge on any atom is 0.416 e. The molecule has 1 N–H and O–H groups in total. The minimum atomic E-state index is -4.92. The van der Waals surface area contributed by atoms with Crippen molar-refractivity contribution in [2.75, 3.05) is 18.1 Å². The highest BCUT2D eigenvalue weighted by atomic mass is 19.4. The van der Waals surface area contributed by atoms with Gasteiger partial charge < -0.3 is 15.0 Å². The summed E-state index contributed by atoms with van der Waals surface area (Å²) in [5.74, 6) is 0.0972. The van der Waals surface area contributed by atoms with Gasteiger partial charge in [0.25, 0.3) is 0 Å². The molecule has 2 aromatic carbocycles. The standard InChI is InChI=1S/C25H23F7N2O/c26-20-5-1-2-6-21(20)34-9-3-7-23-22(34)15-19(33-8-4-10-35-23)13-16-11-17(24(27,28)29)14-18(12-16)25(30,31)32/h1-3,5-7,9,11-12,14,19,22,33H,4,8,10,13,15H2. The lowest BCUT2D eigenvalue weighted by atomic mass is 9.94. The molecule has 0 bridgehead atoms. The Morgan fingerprint density at radius 2 is 1.66 bits per heavy atom. The van der Waals surface area contributed by atoms with Gasteiger partial charge in [-0.25, -0.2) is 4.39 Å². The molecule has 2 unspecified atom stereocenters. The van der Waals surface area contributed by atoms with Crippen LogP contribution in [0.3, 0.4) is 0 Å². The van der Waals surface area contributed by atoms with E-state index in [0.29, 0.717) is 31.0 Å². The Morgan fingerprint density at radius 1 is 0.971 bits per heavy atom. The fourth-order valence-electron chi connectivity index (χ4n) is 4.36. The minimum Gasteiger partial charge on any atom is -0.496 e. The summed E-state index contributed by atoms with van der Waals surface area (Å²) in [4.78, 5) is 1.68. The molecule has 188 valence electrons. The number of halogens is 7. The normalized spacial score (nSPS) is 21.3. The van der Waals surface area contributed by atoms with Crippen LogP contribution >= 0.6 is 0 Å². The quantitative estimate of drug-likeness (QED) is 0.490. The van der Waals surface area contributed by atoms with Gasteiger partial charge in [0.05, 0.1) is 29.5 Å². The first-order valence-corrected chi connectivity index (χ1v) is 11.1. The van der Waals surface area contributed by atoms with Crippen molar-refractivity contribution in [3.8, 4) is 0 Å². The third-order valence-corrected chi connectivity index (χ3v) is 5.96. The number of rotatable bonds is 3. The summed E-state index contributed by atoms with van der Waals surface area (Å²) in [5.41, 5.74) is -2.48. The van der Waals surface area contributed by atoms with Gasteiger partial charge in [-0.3, -0.25) is 0 Å². The lowest BCUT2D eigenvalue weighted by Crippen LogP contribution is -2.42. The Kier molecular flexibility index (Phi) is 7.12. The summed E-state index contributed by atoms with van der Waals surface area (Å²) in [6.07, 6.45) is -3.93. The molecule has 10 heteroatoms. The summed E-state index contributed by atoms with van der Waals surface area (Å²) in [7, 11) is 0. The molecule has 1 fully saturated rings. The Balaban J connectivity index is 1.67. The molecule has 2 heterocycles. The van der Waals surface area contributed by atoms with Crippen LogP contribution in [-0.2, 0) is 23.5 Å². The number of hydrogen-bond acceptors (Lipinski definition) is 3. The van der Waals surface area contributed by atoms with Gasteiger partial charge in [-0.15, -0.1) is 0 Å².